The summed E-state index contributed by atoms with van der Waals surface area (Å²) in [6, 6.07) is 0. The van der Waals surface area contributed by atoms with Gasteiger partial charge >= 0.3 is 0 Å². The van der Waals surface area contributed by atoms with Gasteiger partial charge in [-0.2, -0.15) is 0 Å². The Bertz CT molecular complexity index is 24.8. The normalized spacial score (nSPS) is 7.40. The maximum atomic E-state index is 7.44. The zero-order valence-electron chi connectivity index (χ0n) is 3.47. The zero-order chi connectivity index (χ0) is 3.41. The number of hydrogen-bond donors (Lipinski definition) is 1. The molecular formula is C2H5KNO. The van der Waals surface area contributed by atoms with Gasteiger partial charge in [0.2, 0.25) is 0 Å². The number of hydrogen-bond acceptors (Lipinski definition) is 2. The molecule has 0 aromatic heterocycles. The summed E-state index contributed by atoms with van der Waals surface area (Å²) in [7, 11) is 0. The summed E-state index contributed by atoms with van der Waals surface area (Å²) in [6.45, 7) is 1.64. The fraction of sp³-hybridized carbons (Fsp3) is 0.500. The Balaban J connectivity index is 0. The Morgan fingerprint density at radius 3 is 2.00 bits per heavy atom. The van der Waals surface area contributed by atoms with Crippen molar-refractivity contribution in [1.29, 1.82) is 0 Å². The van der Waals surface area contributed by atoms with Crippen LogP contribution in [0, 0.1) is 0 Å². The van der Waals surface area contributed by atoms with E-state index in [4.69, 9.17) is 5.21 Å². The van der Waals surface area contributed by atoms with Gasteiger partial charge in [-0.1, -0.05) is 0 Å². The van der Waals surface area contributed by atoms with Gasteiger partial charge in [0.25, 0.3) is 0 Å². The number of nitrogens with zero attached hydrogens (tertiary/aromatic N) is 1. The van der Waals surface area contributed by atoms with Gasteiger partial charge in [0, 0.05) is 57.6 Å². The third-order valence-corrected chi connectivity index (χ3v) is 0.115. The van der Waals surface area contributed by atoms with E-state index in [0.717, 1.165) is 0 Å². The summed E-state index contributed by atoms with van der Waals surface area (Å²) >= 11 is 0. The van der Waals surface area contributed by atoms with Crippen molar-refractivity contribution < 1.29 is 5.21 Å². The molecule has 0 spiro atoms. The van der Waals surface area contributed by atoms with Gasteiger partial charge in [0.05, 0.1) is 0 Å². The quantitative estimate of drug-likeness (QED) is 0.198. The van der Waals surface area contributed by atoms with Crippen LogP contribution in [0.1, 0.15) is 6.92 Å². The Hall–Kier alpha value is 1.11. The molecule has 5 heavy (non-hydrogen) atoms. The second-order valence-electron chi connectivity index (χ2n) is 0.374. The molecule has 2 nitrogen and oxygen atoms in total. The Morgan fingerprint density at radius 1 is 1.80 bits per heavy atom. The van der Waals surface area contributed by atoms with Gasteiger partial charge < -0.3 is 5.21 Å². The number of oxime groups is 1. The van der Waals surface area contributed by atoms with Crippen LogP contribution in [0.2, 0.25) is 0 Å². The third kappa shape index (κ3) is 11.1. The van der Waals surface area contributed by atoms with E-state index in [1.165, 1.54) is 6.21 Å². The Kier molecular flexibility index (Phi) is 16.9. The van der Waals surface area contributed by atoms with E-state index >= 15 is 0 Å². The molecule has 0 aliphatic heterocycles. The van der Waals surface area contributed by atoms with Crippen molar-refractivity contribution in [2.24, 2.45) is 5.16 Å². The van der Waals surface area contributed by atoms with E-state index in [1.807, 2.05) is 0 Å². The molecule has 3 heteroatoms. The average molecular weight is 98.2 g/mol. The third-order valence-electron chi connectivity index (χ3n) is 0.115. The van der Waals surface area contributed by atoms with Crippen molar-refractivity contribution in [1.82, 2.24) is 0 Å². The zero-order valence-corrected chi connectivity index (χ0v) is 6.59. The van der Waals surface area contributed by atoms with E-state index in [2.05, 4.69) is 5.16 Å². The topological polar surface area (TPSA) is 32.6 Å². The molecule has 0 rings (SSSR count). The Morgan fingerprint density at radius 2 is 2.00 bits per heavy atom. The molecule has 1 N–H and O–H groups in total. The van der Waals surface area contributed by atoms with Crippen molar-refractivity contribution in [3.05, 3.63) is 0 Å². The summed E-state index contributed by atoms with van der Waals surface area (Å²) in [5.41, 5.74) is 0. The summed E-state index contributed by atoms with van der Waals surface area (Å²) in [6.07, 6.45) is 1.31. The molecule has 0 saturated heterocycles. The monoisotopic (exact) mass is 98.0 g/mol. The Labute approximate surface area is 73.7 Å². The van der Waals surface area contributed by atoms with Crippen LogP contribution < -0.4 is 0 Å². The van der Waals surface area contributed by atoms with Gasteiger partial charge in [-0.15, -0.1) is 5.16 Å². The van der Waals surface area contributed by atoms with E-state index in [9.17, 15) is 0 Å². The van der Waals surface area contributed by atoms with Gasteiger partial charge in [0.15, 0.2) is 0 Å². The maximum Gasteiger partial charge on any atom is 0.0404 e. The second kappa shape index (κ2) is 8.92. The first-order chi connectivity index (χ1) is 1.91. The summed E-state index contributed by atoms with van der Waals surface area (Å²) in [5, 5.41) is 10.1. The van der Waals surface area contributed by atoms with Crippen LogP contribution in [0.25, 0.3) is 0 Å². The molecule has 0 unspecified atom stereocenters. The largest absolute Gasteiger partial charge is 0.411 e. The van der Waals surface area contributed by atoms with Crippen LogP contribution in [-0.4, -0.2) is 62.8 Å². The van der Waals surface area contributed by atoms with Gasteiger partial charge in [-0.3, -0.25) is 0 Å². The molecule has 0 bridgehead atoms. The standard InChI is InChI=1S/C2H5NO.K/c1-2-3-4;/h2,4H,1H3;. The summed E-state index contributed by atoms with van der Waals surface area (Å²) < 4.78 is 0. The van der Waals surface area contributed by atoms with Gasteiger partial charge in [-0.25, -0.2) is 0 Å². The molecule has 0 aromatic carbocycles. The molecule has 25 valence electrons. The maximum absolute atomic E-state index is 7.44. The predicted octanol–water partition coefficient (Wildman–Crippen LogP) is 0.0855. The minimum absolute atomic E-state index is 0. The first-order valence-corrected chi connectivity index (χ1v) is 1.04. The minimum Gasteiger partial charge on any atom is -0.411 e. The summed E-state index contributed by atoms with van der Waals surface area (Å²) in [5.74, 6) is 0. The smallest absolute Gasteiger partial charge is 0.0404 e. The molecule has 0 aliphatic carbocycles. The fourth-order valence-electron chi connectivity index (χ4n) is 0. The predicted molar refractivity (Wildman–Crippen MR) is 21.7 cm³/mol. The van der Waals surface area contributed by atoms with E-state index < -0.39 is 0 Å². The van der Waals surface area contributed by atoms with Crippen LogP contribution in [0.3, 0.4) is 0 Å². The van der Waals surface area contributed by atoms with Gasteiger partial charge in [-0.05, 0) is 6.92 Å². The van der Waals surface area contributed by atoms with Crippen LogP contribution in [0.15, 0.2) is 5.16 Å². The molecule has 0 aliphatic rings. The molecule has 0 atom stereocenters. The fourth-order valence-corrected chi connectivity index (χ4v) is 0. The van der Waals surface area contributed by atoms with Crippen LogP contribution >= 0.6 is 0 Å². The second-order valence-corrected chi connectivity index (χ2v) is 0.374. The van der Waals surface area contributed by atoms with Crippen molar-refractivity contribution in [2.75, 3.05) is 0 Å². The first-order valence-electron chi connectivity index (χ1n) is 1.04. The van der Waals surface area contributed by atoms with Crippen LogP contribution in [-0.2, 0) is 0 Å². The molecule has 0 aromatic rings. The van der Waals surface area contributed by atoms with E-state index in [-0.39, 0.29) is 51.4 Å². The summed E-state index contributed by atoms with van der Waals surface area (Å²) in [4.78, 5) is 0. The van der Waals surface area contributed by atoms with Gasteiger partial charge in [0.1, 0.15) is 0 Å². The molecule has 0 fully saturated rings. The number of rotatable bonds is 0. The van der Waals surface area contributed by atoms with Crippen LogP contribution in [0.5, 0.6) is 0 Å². The SMILES string of the molecule is CC=NO.[K]. The van der Waals surface area contributed by atoms with Crippen molar-refractivity contribution in [3.63, 3.8) is 0 Å². The molecule has 0 heterocycles. The minimum atomic E-state index is 0. The van der Waals surface area contributed by atoms with Crippen molar-refractivity contribution >= 4 is 57.6 Å². The average Bonchev–Trinajstić information content (AvgIpc) is 1.37. The first kappa shape index (κ1) is 9.44. The van der Waals surface area contributed by atoms with E-state index in [1.54, 1.807) is 6.92 Å². The van der Waals surface area contributed by atoms with Crippen molar-refractivity contribution in [2.45, 2.75) is 6.92 Å². The van der Waals surface area contributed by atoms with Crippen LogP contribution in [0.4, 0.5) is 0 Å². The van der Waals surface area contributed by atoms with Crippen molar-refractivity contribution in [3.8, 4) is 0 Å². The molecule has 0 amide bonds. The molecular weight excluding hydrogens is 93.1 g/mol. The molecule has 0 saturated carbocycles. The molecule has 1 radical (unpaired) electrons. The van der Waals surface area contributed by atoms with E-state index in [0.29, 0.717) is 0 Å².